The number of esters is 6. The lowest BCUT2D eigenvalue weighted by Gasteiger charge is -2.24. The average Bonchev–Trinajstić information content (AvgIpc) is 3.13. The largest absolute Gasteiger partial charge is 0.466 e. The molecule has 1 N–H and O–H groups in total. The van der Waals surface area contributed by atoms with Crippen LogP contribution in [-0.2, 0) is 57.2 Å². The van der Waals surface area contributed by atoms with Crippen LogP contribution in [0.2, 0.25) is 0 Å². The van der Waals surface area contributed by atoms with Gasteiger partial charge < -0.3 is 33.5 Å². The lowest BCUT2D eigenvalue weighted by molar-refractivity contribution is -0.178. The van der Waals surface area contributed by atoms with Crippen molar-refractivity contribution in [1.82, 2.24) is 0 Å². The molecule has 0 bridgehead atoms. The molecule has 0 saturated carbocycles. The molecule has 0 saturated heterocycles. The number of carbonyl (C=O) groups excluding carboxylic acids is 6. The number of unbranched alkanes of at least 4 members (excludes halogenated alkanes) is 15. The molecular weight excluding hydrogens is 676 g/mol. The molecule has 0 aliphatic heterocycles. The second-order valence-electron chi connectivity index (χ2n) is 13.0. The van der Waals surface area contributed by atoms with Gasteiger partial charge in [0.05, 0.1) is 52.5 Å². The number of carbonyl (C=O) groups is 6. The van der Waals surface area contributed by atoms with Crippen molar-refractivity contribution in [2.75, 3.05) is 39.6 Å². The summed E-state index contributed by atoms with van der Waals surface area (Å²) in [6.45, 7) is 6.79. The monoisotopic (exact) mass is 744 g/mol. The molecule has 0 aromatic heterocycles. The zero-order valence-corrected chi connectivity index (χ0v) is 32.4. The first-order valence-electron chi connectivity index (χ1n) is 19.8. The van der Waals surface area contributed by atoms with Crippen molar-refractivity contribution in [1.29, 1.82) is 0 Å². The summed E-state index contributed by atoms with van der Waals surface area (Å²) >= 11 is 0. The van der Waals surface area contributed by atoms with Crippen LogP contribution in [0, 0.1) is 0 Å². The maximum absolute atomic E-state index is 13.0. The van der Waals surface area contributed by atoms with Gasteiger partial charge in [0.1, 0.15) is 0 Å². The van der Waals surface area contributed by atoms with E-state index in [1.807, 2.05) is 0 Å². The topological polar surface area (TPSA) is 178 Å². The third-order valence-corrected chi connectivity index (χ3v) is 8.28. The Balaban J connectivity index is 4.59. The first-order chi connectivity index (χ1) is 25.1. The Kier molecular flexibility index (Phi) is 31.5. The van der Waals surface area contributed by atoms with Gasteiger partial charge >= 0.3 is 35.8 Å². The van der Waals surface area contributed by atoms with Gasteiger partial charge in [0, 0.05) is 19.3 Å². The zero-order chi connectivity index (χ0) is 38.7. The third kappa shape index (κ3) is 29.4. The Labute approximate surface area is 311 Å². The summed E-state index contributed by atoms with van der Waals surface area (Å²) in [5.41, 5.74) is -2.41. The van der Waals surface area contributed by atoms with Crippen molar-refractivity contribution in [2.45, 2.75) is 174 Å². The van der Waals surface area contributed by atoms with E-state index >= 15 is 0 Å². The highest BCUT2D eigenvalue weighted by Crippen LogP contribution is 2.21. The minimum atomic E-state index is -2.41. The van der Waals surface area contributed by atoms with E-state index in [1.165, 1.54) is 0 Å². The standard InChI is InChI=1S/C39H68O13/c1-4-33(40)47-25-19-13-7-9-16-22-28-50-36(43)31-39(46,38(45)52-30-24-18-12-11-15-21-27-49-35(42)6-3)32-37(44)51-29-23-17-10-8-14-20-26-48-34(41)5-2/h46H,4-32H2,1-3H3. The average molecular weight is 745 g/mol. The van der Waals surface area contributed by atoms with Crippen LogP contribution in [-0.4, -0.2) is 86.2 Å². The molecule has 0 radical (unpaired) electrons. The maximum Gasteiger partial charge on any atom is 0.339 e. The number of ether oxygens (including phenoxy) is 6. The van der Waals surface area contributed by atoms with Gasteiger partial charge in [-0.3, -0.25) is 24.0 Å². The summed E-state index contributed by atoms with van der Waals surface area (Å²) in [5.74, 6) is -3.28. The Morgan fingerprint density at radius 2 is 0.558 bits per heavy atom. The molecule has 0 aromatic carbocycles. The third-order valence-electron chi connectivity index (χ3n) is 8.28. The fourth-order valence-corrected chi connectivity index (χ4v) is 5.06. The highest BCUT2D eigenvalue weighted by molar-refractivity contribution is 5.90. The van der Waals surface area contributed by atoms with Crippen molar-refractivity contribution >= 4 is 35.8 Å². The fourth-order valence-electron chi connectivity index (χ4n) is 5.06. The summed E-state index contributed by atoms with van der Waals surface area (Å²) in [4.78, 5) is 71.8. The van der Waals surface area contributed by atoms with E-state index in [1.54, 1.807) is 20.8 Å². The van der Waals surface area contributed by atoms with Crippen LogP contribution in [0.15, 0.2) is 0 Å². The molecule has 0 aliphatic carbocycles. The lowest BCUT2D eigenvalue weighted by Crippen LogP contribution is -2.45. The second kappa shape index (κ2) is 33.6. The van der Waals surface area contributed by atoms with E-state index in [-0.39, 0.29) is 37.7 Å². The maximum atomic E-state index is 13.0. The fraction of sp³-hybridized carbons (Fsp3) is 0.846. The normalized spacial score (nSPS) is 11.1. The predicted octanol–water partition coefficient (Wildman–Crippen LogP) is 7.01. The quantitative estimate of drug-likeness (QED) is 0.0398. The molecule has 302 valence electrons. The highest BCUT2D eigenvalue weighted by atomic mass is 16.6. The van der Waals surface area contributed by atoms with Gasteiger partial charge in [0.15, 0.2) is 5.60 Å². The Bertz CT molecular complexity index is 931. The van der Waals surface area contributed by atoms with Crippen LogP contribution >= 0.6 is 0 Å². The molecule has 0 rings (SSSR count). The second-order valence-corrected chi connectivity index (χ2v) is 13.0. The van der Waals surface area contributed by atoms with E-state index < -0.39 is 36.4 Å². The Morgan fingerprint density at radius 3 is 0.808 bits per heavy atom. The highest BCUT2D eigenvalue weighted by Gasteiger charge is 2.43. The number of aliphatic hydroxyl groups is 1. The van der Waals surface area contributed by atoms with Crippen LogP contribution in [0.4, 0.5) is 0 Å². The molecule has 0 atom stereocenters. The van der Waals surface area contributed by atoms with E-state index in [4.69, 9.17) is 28.4 Å². The molecular formula is C39H68O13. The summed E-state index contributed by atoms with van der Waals surface area (Å²) in [6, 6.07) is 0. The van der Waals surface area contributed by atoms with Gasteiger partial charge in [0.25, 0.3) is 0 Å². The Morgan fingerprint density at radius 1 is 0.346 bits per heavy atom. The van der Waals surface area contributed by atoms with Crippen LogP contribution in [0.1, 0.15) is 168 Å². The van der Waals surface area contributed by atoms with E-state index in [0.29, 0.717) is 58.3 Å². The molecule has 0 aromatic rings. The zero-order valence-electron chi connectivity index (χ0n) is 32.4. The van der Waals surface area contributed by atoms with Gasteiger partial charge in [0.2, 0.25) is 0 Å². The van der Waals surface area contributed by atoms with Gasteiger partial charge in [-0.2, -0.15) is 0 Å². The van der Waals surface area contributed by atoms with Crippen molar-refractivity contribution in [3.8, 4) is 0 Å². The number of hydrogen-bond acceptors (Lipinski definition) is 13. The first-order valence-corrected chi connectivity index (χ1v) is 19.8. The molecule has 0 amide bonds. The molecule has 13 nitrogen and oxygen atoms in total. The molecule has 52 heavy (non-hydrogen) atoms. The van der Waals surface area contributed by atoms with Gasteiger partial charge in [-0.05, 0) is 38.5 Å². The first kappa shape index (κ1) is 48.8. The summed E-state index contributed by atoms with van der Waals surface area (Å²) < 4.78 is 31.0. The van der Waals surface area contributed by atoms with Gasteiger partial charge in [-0.15, -0.1) is 0 Å². The molecule has 13 heteroatoms. The molecule has 0 heterocycles. The minimum absolute atomic E-state index is 0.0292. The van der Waals surface area contributed by atoms with Crippen LogP contribution in [0.25, 0.3) is 0 Å². The van der Waals surface area contributed by atoms with E-state index in [0.717, 1.165) is 96.3 Å². The molecule has 0 spiro atoms. The smallest absolute Gasteiger partial charge is 0.339 e. The van der Waals surface area contributed by atoms with E-state index in [2.05, 4.69) is 0 Å². The SMILES string of the molecule is CCC(=O)OCCCCCCCCOC(=O)CC(O)(CC(=O)OCCCCCCCCOC(=O)CC)C(=O)OCCCCCCCCOC(=O)CC. The lowest BCUT2D eigenvalue weighted by atomic mass is 9.95. The van der Waals surface area contributed by atoms with Crippen LogP contribution in [0.5, 0.6) is 0 Å². The minimum Gasteiger partial charge on any atom is -0.466 e. The summed E-state index contributed by atoms with van der Waals surface area (Å²) in [7, 11) is 0. The summed E-state index contributed by atoms with van der Waals surface area (Å²) in [6.07, 6.45) is 14.6. The van der Waals surface area contributed by atoms with Crippen molar-refractivity contribution in [2.24, 2.45) is 0 Å². The Hall–Kier alpha value is -3.22. The van der Waals surface area contributed by atoms with Crippen molar-refractivity contribution in [3.05, 3.63) is 0 Å². The molecule has 0 aliphatic rings. The van der Waals surface area contributed by atoms with Gasteiger partial charge in [-0.25, -0.2) is 4.79 Å². The number of hydrogen-bond donors (Lipinski definition) is 1. The van der Waals surface area contributed by atoms with Crippen molar-refractivity contribution < 1.29 is 62.3 Å². The molecule has 0 fully saturated rings. The summed E-state index contributed by atoms with van der Waals surface area (Å²) in [5, 5.41) is 11.2. The van der Waals surface area contributed by atoms with Crippen LogP contribution < -0.4 is 0 Å². The number of rotatable bonds is 35. The van der Waals surface area contributed by atoms with Crippen molar-refractivity contribution in [3.63, 3.8) is 0 Å². The predicted molar refractivity (Wildman–Crippen MR) is 194 cm³/mol. The van der Waals surface area contributed by atoms with E-state index in [9.17, 15) is 33.9 Å². The van der Waals surface area contributed by atoms with Crippen LogP contribution in [0.3, 0.4) is 0 Å². The molecule has 0 unspecified atom stereocenters. The van der Waals surface area contributed by atoms with Gasteiger partial charge in [-0.1, -0.05) is 97.8 Å².